The molecular formula is C11H21N5O. The van der Waals surface area contributed by atoms with E-state index in [1.54, 1.807) is 11.7 Å². The van der Waals surface area contributed by atoms with E-state index in [0.717, 1.165) is 25.0 Å². The quantitative estimate of drug-likeness (QED) is 0.729. The first-order chi connectivity index (χ1) is 8.17. The van der Waals surface area contributed by atoms with E-state index in [1.807, 2.05) is 6.20 Å². The molecule has 0 aliphatic carbocycles. The number of carbonyl (C=O) groups excluding carboxylic acids is 1. The molecule has 0 saturated carbocycles. The van der Waals surface area contributed by atoms with Crippen LogP contribution in [0.2, 0.25) is 0 Å². The van der Waals surface area contributed by atoms with Crippen LogP contribution < -0.4 is 11.1 Å². The van der Waals surface area contributed by atoms with Crippen LogP contribution in [0.1, 0.15) is 44.3 Å². The highest BCUT2D eigenvalue weighted by Crippen LogP contribution is 2.12. The number of nitrogens with two attached hydrogens (primary N) is 1. The molecule has 1 atom stereocenters. The topological polar surface area (TPSA) is 85.8 Å². The van der Waals surface area contributed by atoms with Gasteiger partial charge in [-0.1, -0.05) is 18.6 Å². The Labute approximate surface area is 102 Å². The summed E-state index contributed by atoms with van der Waals surface area (Å²) in [4.78, 5) is 11.0. The predicted octanol–water partition coefficient (Wildman–Crippen LogP) is 0.604. The molecule has 96 valence electrons. The maximum Gasteiger partial charge on any atom is 0.219 e. The zero-order valence-electron chi connectivity index (χ0n) is 10.5. The highest BCUT2D eigenvalue weighted by molar-refractivity contribution is 5.75. The van der Waals surface area contributed by atoms with Crippen LogP contribution in [0, 0.1) is 0 Å². The average molecular weight is 239 g/mol. The molecule has 0 radical (unpaired) electrons. The van der Waals surface area contributed by atoms with Gasteiger partial charge in [0.05, 0.1) is 17.9 Å². The normalized spacial score (nSPS) is 12.4. The monoisotopic (exact) mass is 239 g/mol. The summed E-state index contributed by atoms with van der Waals surface area (Å²) >= 11 is 0. The van der Waals surface area contributed by atoms with Crippen molar-refractivity contribution in [1.29, 1.82) is 0 Å². The minimum atomic E-state index is -0.0345. The summed E-state index contributed by atoms with van der Waals surface area (Å²) in [5.41, 5.74) is 6.76. The van der Waals surface area contributed by atoms with Crippen LogP contribution in [0.5, 0.6) is 0 Å². The van der Waals surface area contributed by atoms with Gasteiger partial charge in [-0.2, -0.15) is 0 Å². The minimum absolute atomic E-state index is 0.0345. The highest BCUT2D eigenvalue weighted by Gasteiger charge is 2.09. The van der Waals surface area contributed by atoms with Crippen molar-refractivity contribution in [2.45, 2.75) is 45.2 Å². The molecule has 6 heteroatoms. The van der Waals surface area contributed by atoms with Gasteiger partial charge in [-0.15, -0.1) is 5.10 Å². The van der Waals surface area contributed by atoms with Gasteiger partial charge in [-0.3, -0.25) is 9.48 Å². The van der Waals surface area contributed by atoms with E-state index in [2.05, 4.69) is 22.6 Å². The van der Waals surface area contributed by atoms with Gasteiger partial charge < -0.3 is 11.1 Å². The van der Waals surface area contributed by atoms with E-state index in [9.17, 15) is 4.79 Å². The van der Waals surface area contributed by atoms with Crippen molar-refractivity contribution in [3.8, 4) is 0 Å². The maximum atomic E-state index is 11.0. The molecular weight excluding hydrogens is 218 g/mol. The van der Waals surface area contributed by atoms with Crippen molar-refractivity contribution in [1.82, 2.24) is 20.3 Å². The second-order valence-corrected chi connectivity index (χ2v) is 4.08. The molecule has 1 rings (SSSR count). The Balaban J connectivity index is 2.38. The molecule has 1 aromatic rings. The van der Waals surface area contributed by atoms with Crippen molar-refractivity contribution in [2.24, 2.45) is 5.73 Å². The summed E-state index contributed by atoms with van der Waals surface area (Å²) in [6, 6.07) is -0.0345. The van der Waals surface area contributed by atoms with Gasteiger partial charge in [0.1, 0.15) is 0 Å². The Morgan fingerprint density at radius 1 is 1.65 bits per heavy atom. The third-order valence-corrected chi connectivity index (χ3v) is 2.61. The van der Waals surface area contributed by atoms with E-state index in [0.29, 0.717) is 13.0 Å². The molecule has 0 fully saturated rings. The van der Waals surface area contributed by atoms with Gasteiger partial charge in [0.2, 0.25) is 5.91 Å². The first-order valence-corrected chi connectivity index (χ1v) is 6.03. The molecule has 0 aliphatic heterocycles. The minimum Gasteiger partial charge on any atom is -0.359 e. The molecule has 17 heavy (non-hydrogen) atoms. The van der Waals surface area contributed by atoms with Gasteiger partial charge in [0, 0.05) is 20.0 Å². The van der Waals surface area contributed by atoms with Crippen molar-refractivity contribution < 1.29 is 4.79 Å². The van der Waals surface area contributed by atoms with Crippen LogP contribution in [0.4, 0.5) is 0 Å². The van der Waals surface area contributed by atoms with Crippen LogP contribution in [-0.4, -0.2) is 27.9 Å². The summed E-state index contributed by atoms with van der Waals surface area (Å²) < 4.78 is 1.74. The number of carbonyl (C=O) groups is 1. The van der Waals surface area contributed by atoms with E-state index >= 15 is 0 Å². The fraction of sp³-hybridized carbons (Fsp3) is 0.727. The maximum absolute atomic E-state index is 11.0. The standard InChI is InChI=1S/C11H21N5O/c1-3-5-9(12)10-8-16(15-14-10)7-4-6-11(17)13-2/h8-9H,3-7,12H2,1-2H3,(H,13,17). The molecule has 0 spiro atoms. The zero-order valence-corrected chi connectivity index (χ0v) is 10.5. The van der Waals surface area contributed by atoms with Crippen molar-refractivity contribution >= 4 is 5.91 Å². The van der Waals surface area contributed by atoms with Crippen molar-refractivity contribution in [2.75, 3.05) is 7.05 Å². The number of hydrogen-bond acceptors (Lipinski definition) is 4. The lowest BCUT2D eigenvalue weighted by atomic mass is 10.1. The lowest BCUT2D eigenvalue weighted by Gasteiger charge is -2.04. The molecule has 0 bridgehead atoms. The summed E-state index contributed by atoms with van der Waals surface area (Å²) in [5, 5.41) is 10.6. The third-order valence-electron chi connectivity index (χ3n) is 2.61. The first kappa shape index (κ1) is 13.6. The molecule has 0 aromatic carbocycles. The summed E-state index contributed by atoms with van der Waals surface area (Å²) in [7, 11) is 1.64. The van der Waals surface area contributed by atoms with Crippen LogP contribution in [0.25, 0.3) is 0 Å². The summed E-state index contributed by atoms with van der Waals surface area (Å²) in [5.74, 6) is 0.0491. The molecule has 0 aliphatic rings. The molecule has 6 nitrogen and oxygen atoms in total. The Hall–Kier alpha value is -1.43. The number of aromatic nitrogens is 3. The van der Waals surface area contributed by atoms with E-state index in [4.69, 9.17) is 5.73 Å². The van der Waals surface area contributed by atoms with Crippen LogP contribution in [-0.2, 0) is 11.3 Å². The van der Waals surface area contributed by atoms with E-state index in [-0.39, 0.29) is 11.9 Å². The third kappa shape index (κ3) is 4.52. The van der Waals surface area contributed by atoms with Crippen LogP contribution >= 0.6 is 0 Å². The van der Waals surface area contributed by atoms with Gasteiger partial charge in [-0.25, -0.2) is 0 Å². The van der Waals surface area contributed by atoms with Gasteiger partial charge >= 0.3 is 0 Å². The largest absolute Gasteiger partial charge is 0.359 e. The van der Waals surface area contributed by atoms with E-state index < -0.39 is 0 Å². The predicted molar refractivity (Wildman–Crippen MR) is 65.2 cm³/mol. The lowest BCUT2D eigenvalue weighted by molar-refractivity contribution is -0.120. The first-order valence-electron chi connectivity index (χ1n) is 6.03. The number of nitrogens with zero attached hydrogens (tertiary/aromatic N) is 3. The Bertz CT molecular complexity index is 349. The second kappa shape index (κ2) is 7.01. The number of aryl methyl sites for hydroxylation is 1. The Morgan fingerprint density at radius 2 is 2.41 bits per heavy atom. The Kier molecular flexibility index (Phi) is 5.62. The summed E-state index contributed by atoms with van der Waals surface area (Å²) in [6.45, 7) is 2.78. The van der Waals surface area contributed by atoms with Gasteiger partial charge in [0.15, 0.2) is 0 Å². The average Bonchev–Trinajstić information content (AvgIpc) is 2.78. The lowest BCUT2D eigenvalue weighted by Crippen LogP contribution is -2.17. The highest BCUT2D eigenvalue weighted by atomic mass is 16.1. The molecule has 1 aromatic heterocycles. The zero-order chi connectivity index (χ0) is 12.7. The van der Waals surface area contributed by atoms with Gasteiger partial charge in [0.25, 0.3) is 0 Å². The van der Waals surface area contributed by atoms with Gasteiger partial charge in [-0.05, 0) is 12.8 Å². The van der Waals surface area contributed by atoms with Crippen LogP contribution in [0.3, 0.4) is 0 Å². The number of amides is 1. The summed E-state index contributed by atoms with van der Waals surface area (Å²) in [6.07, 6.45) is 5.07. The molecule has 1 heterocycles. The fourth-order valence-electron chi connectivity index (χ4n) is 1.58. The number of rotatable bonds is 7. The SMILES string of the molecule is CCCC(N)c1cn(CCCC(=O)NC)nn1. The number of nitrogens with one attached hydrogen (secondary N) is 1. The molecule has 0 saturated heterocycles. The fourth-order valence-corrected chi connectivity index (χ4v) is 1.58. The van der Waals surface area contributed by atoms with Crippen LogP contribution in [0.15, 0.2) is 6.20 Å². The second-order valence-electron chi connectivity index (χ2n) is 4.08. The van der Waals surface area contributed by atoms with Crippen molar-refractivity contribution in [3.05, 3.63) is 11.9 Å². The number of hydrogen-bond donors (Lipinski definition) is 2. The molecule has 1 amide bonds. The van der Waals surface area contributed by atoms with Crippen molar-refractivity contribution in [3.63, 3.8) is 0 Å². The molecule has 3 N–H and O–H groups in total. The van der Waals surface area contributed by atoms with E-state index in [1.165, 1.54) is 0 Å². The smallest absolute Gasteiger partial charge is 0.219 e. The molecule has 1 unspecified atom stereocenters. The Morgan fingerprint density at radius 3 is 3.06 bits per heavy atom.